The Labute approximate surface area is 63.9 Å². The summed E-state index contributed by atoms with van der Waals surface area (Å²) in [7, 11) is 0. The Morgan fingerprint density at radius 1 is 1.50 bits per heavy atom. The van der Waals surface area contributed by atoms with Crippen molar-refractivity contribution in [1.82, 2.24) is 0 Å². The first-order valence-electron chi connectivity index (χ1n) is 2.70. The molecular formula is C7H5O2S-. The third-order valence-corrected chi connectivity index (χ3v) is 1.33. The number of carboxylic acid groups (broad SMARTS) is 1. The average Bonchev–Trinajstić information content (AvgIpc) is 1.88. The molecule has 0 aliphatic carbocycles. The summed E-state index contributed by atoms with van der Waals surface area (Å²) < 4.78 is 0. The Kier molecular flexibility index (Phi) is 1.87. The van der Waals surface area contributed by atoms with Gasteiger partial charge in [0.1, 0.15) is 0 Å². The third kappa shape index (κ3) is 1.45. The monoisotopic (exact) mass is 153 g/mol. The second kappa shape index (κ2) is 2.66. The van der Waals surface area contributed by atoms with Gasteiger partial charge in [0.25, 0.3) is 0 Å². The number of hydrogen-bond donors (Lipinski definition) is 1. The zero-order valence-corrected chi connectivity index (χ0v) is 5.89. The van der Waals surface area contributed by atoms with Gasteiger partial charge in [0.2, 0.25) is 0 Å². The van der Waals surface area contributed by atoms with Crippen molar-refractivity contribution in [2.75, 3.05) is 0 Å². The van der Waals surface area contributed by atoms with E-state index < -0.39 is 5.97 Å². The highest BCUT2D eigenvalue weighted by molar-refractivity contribution is 7.58. The minimum atomic E-state index is -0.938. The maximum Gasteiger partial charge on any atom is 0.335 e. The molecule has 0 amide bonds. The number of carboxylic acids is 1. The van der Waals surface area contributed by atoms with E-state index in [0.29, 0.717) is 4.90 Å². The van der Waals surface area contributed by atoms with E-state index in [1.807, 2.05) is 0 Å². The van der Waals surface area contributed by atoms with E-state index in [1.165, 1.54) is 12.1 Å². The molecule has 1 N–H and O–H groups in total. The van der Waals surface area contributed by atoms with E-state index in [4.69, 9.17) is 17.7 Å². The normalized spacial score (nSPS) is 9.20. The molecule has 0 atom stereocenters. The highest BCUT2D eigenvalue weighted by Gasteiger charge is 1.97. The van der Waals surface area contributed by atoms with E-state index in [0.717, 1.165) is 0 Å². The smallest absolute Gasteiger partial charge is 0.335 e. The average molecular weight is 153 g/mol. The van der Waals surface area contributed by atoms with Gasteiger partial charge in [-0.2, -0.15) is 4.90 Å². The van der Waals surface area contributed by atoms with Crippen LogP contribution < -0.4 is 0 Å². The second-order valence-corrected chi connectivity index (χ2v) is 2.30. The molecule has 0 aromatic heterocycles. The summed E-state index contributed by atoms with van der Waals surface area (Å²) in [5.41, 5.74) is 0.243. The summed E-state index contributed by atoms with van der Waals surface area (Å²) in [6.07, 6.45) is 0. The molecule has 1 aromatic rings. The fraction of sp³-hybridized carbons (Fsp3) is 0. The Hall–Kier alpha value is -1.09. The summed E-state index contributed by atoms with van der Waals surface area (Å²) in [4.78, 5) is 10.9. The molecule has 0 radical (unpaired) electrons. The molecule has 0 aliphatic rings. The molecule has 0 aliphatic heterocycles. The van der Waals surface area contributed by atoms with E-state index >= 15 is 0 Å². The standard InChI is InChI=1S/C7H6O2S/c8-7(9)5-2-1-3-6(10)4-5/h1-4,10H,(H,8,9)/p-1. The molecule has 0 saturated carbocycles. The van der Waals surface area contributed by atoms with Crippen molar-refractivity contribution >= 4 is 18.6 Å². The fourth-order valence-electron chi connectivity index (χ4n) is 0.629. The molecule has 0 spiro atoms. The summed E-state index contributed by atoms with van der Waals surface area (Å²) in [5, 5.41) is 8.46. The SMILES string of the molecule is O=C(O)c1cccc([S-])c1. The van der Waals surface area contributed by atoms with E-state index in [9.17, 15) is 4.79 Å². The Bertz CT molecular complexity index is 258. The van der Waals surface area contributed by atoms with Crippen LogP contribution in [0.3, 0.4) is 0 Å². The van der Waals surface area contributed by atoms with Crippen LogP contribution in [0, 0.1) is 0 Å². The molecule has 0 unspecified atom stereocenters. The molecule has 52 valence electrons. The van der Waals surface area contributed by atoms with Gasteiger partial charge in [-0.15, -0.1) is 0 Å². The molecule has 2 nitrogen and oxygen atoms in total. The molecular weight excluding hydrogens is 148 g/mol. The van der Waals surface area contributed by atoms with Crippen LogP contribution in [0.4, 0.5) is 0 Å². The number of benzene rings is 1. The minimum Gasteiger partial charge on any atom is -0.780 e. The Balaban J connectivity index is 3.07. The number of aromatic carboxylic acids is 1. The van der Waals surface area contributed by atoms with Gasteiger partial charge in [0, 0.05) is 0 Å². The largest absolute Gasteiger partial charge is 0.780 e. The van der Waals surface area contributed by atoms with E-state index in [1.54, 1.807) is 12.1 Å². The van der Waals surface area contributed by atoms with Crippen LogP contribution >= 0.6 is 0 Å². The van der Waals surface area contributed by atoms with Crippen molar-refractivity contribution in [3.8, 4) is 0 Å². The predicted octanol–water partition coefficient (Wildman–Crippen LogP) is 1.29. The lowest BCUT2D eigenvalue weighted by Crippen LogP contribution is -1.94. The number of hydrogen-bond acceptors (Lipinski definition) is 2. The highest BCUT2D eigenvalue weighted by atomic mass is 32.1. The number of rotatable bonds is 1. The zero-order chi connectivity index (χ0) is 7.56. The van der Waals surface area contributed by atoms with Gasteiger partial charge in [-0.25, -0.2) is 4.79 Å². The van der Waals surface area contributed by atoms with Gasteiger partial charge >= 0.3 is 5.97 Å². The van der Waals surface area contributed by atoms with E-state index in [-0.39, 0.29) is 5.56 Å². The van der Waals surface area contributed by atoms with Crippen LogP contribution in [0.15, 0.2) is 29.2 Å². The van der Waals surface area contributed by atoms with Gasteiger partial charge in [-0.1, -0.05) is 18.2 Å². The van der Waals surface area contributed by atoms with Crippen molar-refractivity contribution < 1.29 is 9.90 Å². The molecule has 0 heterocycles. The lowest BCUT2D eigenvalue weighted by Gasteiger charge is -2.03. The summed E-state index contributed by atoms with van der Waals surface area (Å²) in [6, 6.07) is 6.28. The van der Waals surface area contributed by atoms with Crippen molar-refractivity contribution in [3.63, 3.8) is 0 Å². The van der Waals surface area contributed by atoms with Crippen LogP contribution in [0.1, 0.15) is 10.4 Å². The van der Waals surface area contributed by atoms with Crippen molar-refractivity contribution in [2.24, 2.45) is 0 Å². The minimum absolute atomic E-state index is 0.243. The van der Waals surface area contributed by atoms with Gasteiger partial charge in [0.15, 0.2) is 0 Å². The van der Waals surface area contributed by atoms with Crippen LogP contribution in [0.5, 0.6) is 0 Å². The molecule has 0 fully saturated rings. The molecule has 3 heteroatoms. The molecule has 1 aromatic carbocycles. The summed E-state index contributed by atoms with van der Waals surface area (Å²) >= 11 is 4.76. The first-order valence-corrected chi connectivity index (χ1v) is 3.11. The maximum absolute atomic E-state index is 10.3. The molecule has 0 bridgehead atoms. The van der Waals surface area contributed by atoms with Gasteiger partial charge in [-0.3, -0.25) is 0 Å². The Morgan fingerprint density at radius 2 is 2.20 bits per heavy atom. The van der Waals surface area contributed by atoms with Crippen molar-refractivity contribution in [2.45, 2.75) is 4.90 Å². The van der Waals surface area contributed by atoms with Gasteiger partial charge < -0.3 is 17.7 Å². The highest BCUT2D eigenvalue weighted by Crippen LogP contribution is 2.03. The van der Waals surface area contributed by atoms with Crippen molar-refractivity contribution in [3.05, 3.63) is 29.8 Å². The summed E-state index contributed by atoms with van der Waals surface area (Å²) in [6.45, 7) is 0. The van der Waals surface area contributed by atoms with Gasteiger partial charge in [0.05, 0.1) is 5.56 Å². The quantitative estimate of drug-likeness (QED) is 0.618. The van der Waals surface area contributed by atoms with Crippen LogP contribution in [-0.4, -0.2) is 11.1 Å². The van der Waals surface area contributed by atoms with E-state index in [2.05, 4.69) is 0 Å². The topological polar surface area (TPSA) is 37.3 Å². The van der Waals surface area contributed by atoms with Crippen LogP contribution in [-0.2, 0) is 12.6 Å². The second-order valence-electron chi connectivity index (χ2n) is 1.83. The first kappa shape index (κ1) is 7.02. The van der Waals surface area contributed by atoms with Crippen molar-refractivity contribution in [1.29, 1.82) is 0 Å². The lowest BCUT2D eigenvalue weighted by atomic mass is 10.2. The Morgan fingerprint density at radius 3 is 2.60 bits per heavy atom. The fourth-order valence-corrected chi connectivity index (χ4v) is 0.835. The van der Waals surface area contributed by atoms with Crippen LogP contribution in [0.2, 0.25) is 0 Å². The third-order valence-electron chi connectivity index (χ3n) is 1.08. The lowest BCUT2D eigenvalue weighted by molar-refractivity contribution is 0.0696. The first-order chi connectivity index (χ1) is 4.70. The van der Waals surface area contributed by atoms with Crippen LogP contribution in [0.25, 0.3) is 0 Å². The molecule has 0 saturated heterocycles. The maximum atomic E-state index is 10.3. The van der Waals surface area contributed by atoms with Gasteiger partial charge in [-0.05, 0) is 6.07 Å². The summed E-state index contributed by atoms with van der Waals surface area (Å²) in [5.74, 6) is -0.938. The zero-order valence-electron chi connectivity index (χ0n) is 5.07. The number of carbonyl (C=O) groups is 1. The predicted molar refractivity (Wildman–Crippen MR) is 39.0 cm³/mol. The molecule has 1 rings (SSSR count). The molecule has 10 heavy (non-hydrogen) atoms.